The van der Waals surface area contributed by atoms with E-state index in [1.54, 1.807) is 11.8 Å². The van der Waals surface area contributed by atoms with E-state index in [0.717, 1.165) is 17.6 Å². The van der Waals surface area contributed by atoms with Gasteiger partial charge in [-0.2, -0.15) is 11.8 Å². The molecule has 0 unspecified atom stereocenters. The van der Waals surface area contributed by atoms with Crippen molar-refractivity contribution in [1.82, 2.24) is 5.32 Å². The number of ether oxygens (including phenoxy) is 1. The van der Waals surface area contributed by atoms with Gasteiger partial charge in [0.2, 0.25) is 0 Å². The van der Waals surface area contributed by atoms with Gasteiger partial charge in [-0.1, -0.05) is 41.9 Å². The van der Waals surface area contributed by atoms with E-state index in [4.69, 9.17) is 16.3 Å². The Labute approximate surface area is 165 Å². The van der Waals surface area contributed by atoms with Crippen molar-refractivity contribution in [1.29, 1.82) is 0 Å². The number of benzene rings is 2. The van der Waals surface area contributed by atoms with E-state index >= 15 is 0 Å². The van der Waals surface area contributed by atoms with Crippen molar-refractivity contribution in [3.8, 4) is 0 Å². The number of amides is 1. The van der Waals surface area contributed by atoms with Crippen LogP contribution in [-0.4, -0.2) is 35.7 Å². The SMILES string of the molecule is O=C(COC(=O)c1ccc(Cl)c([N+](=O)[O-])c1)NCCSCc1ccccc1. The summed E-state index contributed by atoms with van der Waals surface area (Å²) in [5.74, 6) is 0.300. The molecule has 0 bridgehead atoms. The third kappa shape index (κ3) is 6.92. The number of rotatable bonds is 9. The third-order valence-electron chi connectivity index (χ3n) is 3.39. The maximum atomic E-state index is 11.9. The van der Waals surface area contributed by atoms with Gasteiger partial charge in [-0.05, 0) is 17.7 Å². The van der Waals surface area contributed by atoms with Gasteiger partial charge in [0.15, 0.2) is 6.61 Å². The molecule has 0 fully saturated rings. The molecule has 0 aromatic heterocycles. The van der Waals surface area contributed by atoms with Crippen LogP contribution < -0.4 is 5.32 Å². The average Bonchev–Trinajstić information content (AvgIpc) is 2.66. The molecule has 0 radical (unpaired) electrons. The van der Waals surface area contributed by atoms with Crippen LogP contribution in [0.2, 0.25) is 5.02 Å². The second-order valence-corrected chi connectivity index (χ2v) is 6.90. The minimum atomic E-state index is -0.830. The predicted octanol–water partition coefficient (Wildman–Crippen LogP) is 3.45. The molecule has 0 spiro atoms. The zero-order valence-electron chi connectivity index (χ0n) is 14.2. The Kier molecular flexibility index (Phi) is 8.09. The van der Waals surface area contributed by atoms with Gasteiger partial charge < -0.3 is 10.1 Å². The Morgan fingerprint density at radius 3 is 2.63 bits per heavy atom. The Balaban J connectivity index is 1.68. The Hall–Kier alpha value is -2.58. The zero-order chi connectivity index (χ0) is 19.6. The fourth-order valence-electron chi connectivity index (χ4n) is 2.07. The second kappa shape index (κ2) is 10.5. The number of hydrogen-bond acceptors (Lipinski definition) is 6. The maximum Gasteiger partial charge on any atom is 0.338 e. The van der Waals surface area contributed by atoms with Gasteiger partial charge in [0.25, 0.3) is 11.6 Å². The van der Waals surface area contributed by atoms with Crippen molar-refractivity contribution in [2.24, 2.45) is 0 Å². The van der Waals surface area contributed by atoms with Crippen LogP contribution in [0.4, 0.5) is 5.69 Å². The van der Waals surface area contributed by atoms with Gasteiger partial charge in [0.05, 0.1) is 10.5 Å². The Morgan fingerprint density at radius 2 is 1.93 bits per heavy atom. The maximum absolute atomic E-state index is 11.9. The molecule has 0 aliphatic carbocycles. The van der Waals surface area contributed by atoms with Crippen molar-refractivity contribution in [3.05, 3.63) is 74.8 Å². The molecule has 142 valence electrons. The predicted molar refractivity (Wildman–Crippen MR) is 104 cm³/mol. The van der Waals surface area contributed by atoms with E-state index in [1.807, 2.05) is 30.3 Å². The van der Waals surface area contributed by atoms with Gasteiger partial charge in [-0.15, -0.1) is 0 Å². The monoisotopic (exact) mass is 408 g/mol. The van der Waals surface area contributed by atoms with Gasteiger partial charge in [-0.25, -0.2) is 4.79 Å². The minimum absolute atomic E-state index is 0.0442. The number of carbonyl (C=O) groups is 2. The molecule has 7 nitrogen and oxygen atoms in total. The fourth-order valence-corrected chi connectivity index (χ4v) is 3.08. The molecular weight excluding hydrogens is 392 g/mol. The number of esters is 1. The first-order chi connectivity index (χ1) is 13.0. The number of nitro benzene ring substituents is 1. The van der Waals surface area contributed by atoms with Crippen LogP contribution in [0.15, 0.2) is 48.5 Å². The van der Waals surface area contributed by atoms with Crippen LogP contribution in [0.5, 0.6) is 0 Å². The smallest absolute Gasteiger partial charge is 0.338 e. The molecule has 0 atom stereocenters. The molecular formula is C18H17ClN2O5S. The lowest BCUT2D eigenvalue weighted by Gasteiger charge is -2.07. The van der Waals surface area contributed by atoms with Crippen molar-refractivity contribution in [3.63, 3.8) is 0 Å². The first-order valence-corrected chi connectivity index (χ1v) is 9.50. The van der Waals surface area contributed by atoms with E-state index in [-0.39, 0.29) is 10.6 Å². The average molecular weight is 409 g/mol. The normalized spacial score (nSPS) is 10.3. The van der Waals surface area contributed by atoms with Gasteiger partial charge in [0.1, 0.15) is 5.02 Å². The number of halogens is 1. The van der Waals surface area contributed by atoms with Crippen molar-refractivity contribution in [2.45, 2.75) is 5.75 Å². The molecule has 0 saturated carbocycles. The minimum Gasteiger partial charge on any atom is -0.452 e. The largest absolute Gasteiger partial charge is 0.452 e. The number of thioether (sulfide) groups is 1. The quantitative estimate of drug-likeness (QED) is 0.295. The van der Waals surface area contributed by atoms with E-state index in [2.05, 4.69) is 5.32 Å². The fraction of sp³-hybridized carbons (Fsp3) is 0.222. The summed E-state index contributed by atoms with van der Waals surface area (Å²) >= 11 is 7.36. The first kappa shape index (κ1) is 20.7. The Morgan fingerprint density at radius 1 is 1.19 bits per heavy atom. The number of nitro groups is 1. The van der Waals surface area contributed by atoms with Crippen LogP contribution in [0.25, 0.3) is 0 Å². The number of nitrogens with one attached hydrogen (secondary N) is 1. The molecule has 0 saturated heterocycles. The molecule has 1 amide bonds. The van der Waals surface area contributed by atoms with E-state index < -0.39 is 29.1 Å². The highest BCUT2D eigenvalue weighted by molar-refractivity contribution is 7.98. The standard InChI is InChI=1S/C18H17ClN2O5S/c19-15-7-6-14(10-16(15)21(24)25)18(23)26-11-17(22)20-8-9-27-12-13-4-2-1-3-5-13/h1-7,10H,8-9,11-12H2,(H,20,22). The topological polar surface area (TPSA) is 98.5 Å². The van der Waals surface area contributed by atoms with E-state index in [1.165, 1.54) is 17.7 Å². The molecule has 9 heteroatoms. The van der Waals surface area contributed by atoms with Crippen molar-refractivity contribution >= 4 is 40.9 Å². The summed E-state index contributed by atoms with van der Waals surface area (Å²) in [5.41, 5.74) is 0.767. The number of carbonyl (C=O) groups excluding carboxylic acids is 2. The van der Waals surface area contributed by atoms with Crippen LogP contribution in [0.3, 0.4) is 0 Å². The van der Waals surface area contributed by atoms with Gasteiger partial charge in [-0.3, -0.25) is 14.9 Å². The summed E-state index contributed by atoms with van der Waals surface area (Å²) in [4.78, 5) is 33.7. The molecule has 27 heavy (non-hydrogen) atoms. The second-order valence-electron chi connectivity index (χ2n) is 5.39. The van der Waals surface area contributed by atoms with Crippen LogP contribution in [0.1, 0.15) is 15.9 Å². The lowest BCUT2D eigenvalue weighted by molar-refractivity contribution is -0.384. The summed E-state index contributed by atoms with van der Waals surface area (Å²) in [6.07, 6.45) is 0. The van der Waals surface area contributed by atoms with Gasteiger partial charge in [0, 0.05) is 24.1 Å². The third-order valence-corrected chi connectivity index (χ3v) is 4.74. The van der Waals surface area contributed by atoms with Gasteiger partial charge >= 0.3 is 5.97 Å². The first-order valence-electron chi connectivity index (χ1n) is 7.97. The summed E-state index contributed by atoms with van der Waals surface area (Å²) < 4.78 is 4.87. The molecule has 1 N–H and O–H groups in total. The van der Waals surface area contributed by atoms with E-state index in [9.17, 15) is 19.7 Å². The lowest BCUT2D eigenvalue weighted by Crippen LogP contribution is -2.30. The highest BCUT2D eigenvalue weighted by Gasteiger charge is 2.17. The number of hydrogen-bond donors (Lipinski definition) is 1. The summed E-state index contributed by atoms with van der Waals surface area (Å²) in [7, 11) is 0. The highest BCUT2D eigenvalue weighted by Crippen LogP contribution is 2.25. The van der Waals surface area contributed by atoms with Crippen LogP contribution >= 0.6 is 23.4 Å². The summed E-state index contributed by atoms with van der Waals surface area (Å²) in [6.45, 7) is -0.0150. The Bertz CT molecular complexity index is 817. The highest BCUT2D eigenvalue weighted by atomic mass is 35.5. The molecule has 2 aromatic carbocycles. The lowest BCUT2D eigenvalue weighted by atomic mass is 10.2. The zero-order valence-corrected chi connectivity index (χ0v) is 15.8. The van der Waals surface area contributed by atoms with Crippen LogP contribution in [-0.2, 0) is 15.3 Å². The van der Waals surface area contributed by atoms with Crippen molar-refractivity contribution < 1.29 is 19.2 Å². The number of nitrogens with zero attached hydrogens (tertiary/aromatic N) is 1. The van der Waals surface area contributed by atoms with Crippen molar-refractivity contribution in [2.75, 3.05) is 18.9 Å². The molecule has 0 aliphatic heterocycles. The van der Waals surface area contributed by atoms with Crippen LogP contribution in [0, 0.1) is 10.1 Å². The molecule has 2 rings (SSSR count). The van der Waals surface area contributed by atoms with E-state index in [0.29, 0.717) is 6.54 Å². The molecule has 2 aromatic rings. The molecule has 0 heterocycles. The summed E-state index contributed by atoms with van der Waals surface area (Å²) in [6, 6.07) is 13.5. The summed E-state index contributed by atoms with van der Waals surface area (Å²) in [5, 5.41) is 13.4. The molecule has 0 aliphatic rings.